The van der Waals surface area contributed by atoms with Crippen LogP contribution < -0.4 is 0 Å². The third-order valence-electron chi connectivity index (χ3n) is 1.75. The van der Waals surface area contributed by atoms with Gasteiger partial charge in [-0.1, -0.05) is 0 Å². The summed E-state index contributed by atoms with van der Waals surface area (Å²) in [6, 6.07) is 3.16. The molecule has 0 atom stereocenters. The standard InChI is InChI=1S/C11H13NO5/c1-11(2,3)17-10(14)7-4-8(12(15)16)6-9(13)5-7/h4-6,13H,1-3H3. The molecule has 6 nitrogen and oxygen atoms in total. The number of phenolic OH excluding ortho intramolecular Hbond substituents is 1. The van der Waals surface area contributed by atoms with Crippen LogP contribution in [0.1, 0.15) is 31.1 Å². The monoisotopic (exact) mass is 239 g/mol. The van der Waals surface area contributed by atoms with Crippen LogP contribution >= 0.6 is 0 Å². The molecule has 0 spiro atoms. The average molecular weight is 239 g/mol. The number of esters is 1. The molecule has 0 aliphatic carbocycles. The zero-order valence-corrected chi connectivity index (χ0v) is 9.76. The van der Waals surface area contributed by atoms with Gasteiger partial charge in [0.25, 0.3) is 5.69 Å². The van der Waals surface area contributed by atoms with E-state index in [9.17, 15) is 20.0 Å². The van der Waals surface area contributed by atoms with Crippen molar-refractivity contribution in [3.63, 3.8) is 0 Å². The molecule has 0 radical (unpaired) electrons. The molecule has 0 heterocycles. The Hall–Kier alpha value is -2.11. The molecule has 0 saturated heterocycles. The van der Waals surface area contributed by atoms with Crippen LogP contribution in [0.5, 0.6) is 5.75 Å². The molecule has 0 saturated carbocycles. The molecule has 0 aliphatic heterocycles. The van der Waals surface area contributed by atoms with E-state index < -0.39 is 16.5 Å². The topological polar surface area (TPSA) is 89.7 Å². The molecule has 0 fully saturated rings. The zero-order chi connectivity index (χ0) is 13.2. The van der Waals surface area contributed by atoms with E-state index >= 15 is 0 Å². The van der Waals surface area contributed by atoms with Crippen molar-refractivity contribution in [3.05, 3.63) is 33.9 Å². The summed E-state index contributed by atoms with van der Waals surface area (Å²) in [6.07, 6.45) is 0. The first-order valence-corrected chi connectivity index (χ1v) is 4.91. The summed E-state index contributed by atoms with van der Waals surface area (Å²) < 4.78 is 5.04. The fourth-order valence-electron chi connectivity index (χ4n) is 1.16. The molecule has 0 amide bonds. The number of non-ortho nitro benzene ring substituents is 1. The quantitative estimate of drug-likeness (QED) is 0.485. The van der Waals surface area contributed by atoms with Gasteiger partial charge in [0.2, 0.25) is 0 Å². The first-order chi connectivity index (χ1) is 7.69. The van der Waals surface area contributed by atoms with E-state index in [1.807, 2.05) is 0 Å². The highest BCUT2D eigenvalue weighted by Crippen LogP contribution is 2.23. The molecule has 1 aromatic rings. The maximum Gasteiger partial charge on any atom is 0.339 e. The van der Waals surface area contributed by atoms with Crippen LogP contribution in [0, 0.1) is 10.1 Å². The molecule has 6 heteroatoms. The largest absolute Gasteiger partial charge is 0.508 e. The summed E-state index contributed by atoms with van der Waals surface area (Å²) >= 11 is 0. The molecule has 0 unspecified atom stereocenters. The van der Waals surface area contributed by atoms with E-state index in [2.05, 4.69) is 0 Å². The van der Waals surface area contributed by atoms with Gasteiger partial charge in [0.1, 0.15) is 11.4 Å². The van der Waals surface area contributed by atoms with Crippen LogP contribution in [0.3, 0.4) is 0 Å². The van der Waals surface area contributed by atoms with Gasteiger partial charge in [-0.25, -0.2) is 4.79 Å². The Labute approximate surface area is 98.0 Å². The van der Waals surface area contributed by atoms with E-state index in [4.69, 9.17) is 4.74 Å². The molecule has 1 rings (SSSR count). The van der Waals surface area contributed by atoms with Crippen LogP contribution in [0.15, 0.2) is 18.2 Å². The number of nitrogens with zero attached hydrogens (tertiary/aromatic N) is 1. The Kier molecular flexibility index (Phi) is 3.36. The van der Waals surface area contributed by atoms with Crippen molar-refractivity contribution in [2.24, 2.45) is 0 Å². The van der Waals surface area contributed by atoms with Crippen molar-refractivity contribution in [1.29, 1.82) is 0 Å². The number of hydrogen-bond donors (Lipinski definition) is 1. The van der Waals surface area contributed by atoms with E-state index in [0.717, 1.165) is 18.2 Å². The minimum atomic E-state index is -0.712. The molecule has 92 valence electrons. The van der Waals surface area contributed by atoms with Crippen LogP contribution in [0.25, 0.3) is 0 Å². The van der Waals surface area contributed by atoms with Gasteiger partial charge in [-0.2, -0.15) is 0 Å². The number of phenols is 1. The lowest BCUT2D eigenvalue weighted by atomic mass is 10.1. The van der Waals surface area contributed by atoms with Crippen molar-refractivity contribution in [3.8, 4) is 5.75 Å². The van der Waals surface area contributed by atoms with E-state index in [-0.39, 0.29) is 17.0 Å². The number of carbonyl (C=O) groups is 1. The summed E-state index contributed by atoms with van der Waals surface area (Å²) in [5, 5.41) is 19.8. The normalized spacial score (nSPS) is 11.0. The summed E-state index contributed by atoms with van der Waals surface area (Å²) in [7, 11) is 0. The second-order valence-corrected chi connectivity index (χ2v) is 4.50. The van der Waals surface area contributed by atoms with Gasteiger partial charge in [-0.15, -0.1) is 0 Å². The van der Waals surface area contributed by atoms with Gasteiger partial charge in [0.05, 0.1) is 16.6 Å². The van der Waals surface area contributed by atoms with Gasteiger partial charge in [-0.05, 0) is 26.8 Å². The smallest absolute Gasteiger partial charge is 0.339 e. The first-order valence-electron chi connectivity index (χ1n) is 4.91. The van der Waals surface area contributed by atoms with Crippen molar-refractivity contribution in [2.75, 3.05) is 0 Å². The molecular formula is C11H13NO5. The highest BCUT2D eigenvalue weighted by Gasteiger charge is 2.20. The van der Waals surface area contributed by atoms with Gasteiger partial charge < -0.3 is 9.84 Å². The number of benzene rings is 1. The molecule has 0 aromatic heterocycles. The van der Waals surface area contributed by atoms with Crippen molar-refractivity contribution >= 4 is 11.7 Å². The minimum absolute atomic E-state index is 0.0494. The molecule has 0 aliphatic rings. The predicted octanol–water partition coefficient (Wildman–Crippen LogP) is 2.26. The first kappa shape index (κ1) is 13.0. The van der Waals surface area contributed by atoms with Crippen molar-refractivity contribution < 1.29 is 19.6 Å². The number of rotatable bonds is 2. The Morgan fingerprint density at radius 3 is 2.41 bits per heavy atom. The Morgan fingerprint density at radius 2 is 1.94 bits per heavy atom. The molecule has 0 bridgehead atoms. The lowest BCUT2D eigenvalue weighted by molar-refractivity contribution is -0.385. The summed E-state index contributed by atoms with van der Waals surface area (Å²) in [5.41, 5.74) is -1.10. The lowest BCUT2D eigenvalue weighted by Crippen LogP contribution is -2.23. The summed E-state index contributed by atoms with van der Waals surface area (Å²) in [4.78, 5) is 21.5. The molecular weight excluding hydrogens is 226 g/mol. The second kappa shape index (κ2) is 4.40. The highest BCUT2D eigenvalue weighted by atomic mass is 16.6. The van der Waals surface area contributed by atoms with Crippen molar-refractivity contribution in [2.45, 2.75) is 26.4 Å². The number of nitro benzene ring substituents is 1. The van der Waals surface area contributed by atoms with Crippen LogP contribution in [-0.2, 0) is 4.74 Å². The average Bonchev–Trinajstić information content (AvgIpc) is 2.13. The SMILES string of the molecule is CC(C)(C)OC(=O)c1cc(O)cc([N+](=O)[O-])c1. The fourth-order valence-corrected chi connectivity index (χ4v) is 1.16. The third kappa shape index (κ3) is 3.75. The third-order valence-corrected chi connectivity index (χ3v) is 1.75. The number of nitro groups is 1. The van der Waals surface area contributed by atoms with Crippen LogP contribution in [0.4, 0.5) is 5.69 Å². The maximum absolute atomic E-state index is 11.6. The van der Waals surface area contributed by atoms with E-state index in [1.54, 1.807) is 20.8 Å². The Bertz CT molecular complexity index is 461. The van der Waals surface area contributed by atoms with Crippen LogP contribution in [0.2, 0.25) is 0 Å². The zero-order valence-electron chi connectivity index (χ0n) is 9.76. The lowest BCUT2D eigenvalue weighted by Gasteiger charge is -2.19. The van der Waals surface area contributed by atoms with Gasteiger partial charge in [0, 0.05) is 6.07 Å². The summed E-state index contributed by atoms with van der Waals surface area (Å²) in [5.74, 6) is -1.06. The second-order valence-electron chi connectivity index (χ2n) is 4.50. The highest BCUT2D eigenvalue weighted by molar-refractivity contribution is 5.91. The molecule has 1 N–H and O–H groups in total. The van der Waals surface area contributed by atoms with Gasteiger partial charge in [0.15, 0.2) is 0 Å². The number of hydrogen-bond acceptors (Lipinski definition) is 5. The fraction of sp³-hybridized carbons (Fsp3) is 0.364. The molecule has 1 aromatic carbocycles. The predicted molar refractivity (Wildman–Crippen MR) is 59.9 cm³/mol. The Balaban J connectivity index is 3.06. The number of carbonyl (C=O) groups excluding carboxylic acids is 1. The summed E-state index contributed by atoms with van der Waals surface area (Å²) in [6.45, 7) is 5.05. The molecule has 17 heavy (non-hydrogen) atoms. The van der Waals surface area contributed by atoms with E-state index in [0.29, 0.717) is 0 Å². The Morgan fingerprint density at radius 1 is 1.35 bits per heavy atom. The number of ether oxygens (including phenoxy) is 1. The van der Waals surface area contributed by atoms with Crippen LogP contribution in [-0.4, -0.2) is 21.6 Å². The maximum atomic E-state index is 11.6. The van der Waals surface area contributed by atoms with Gasteiger partial charge >= 0.3 is 5.97 Å². The van der Waals surface area contributed by atoms with E-state index in [1.165, 1.54) is 0 Å². The number of aromatic hydroxyl groups is 1. The van der Waals surface area contributed by atoms with Gasteiger partial charge in [-0.3, -0.25) is 10.1 Å². The minimum Gasteiger partial charge on any atom is -0.508 e. The van der Waals surface area contributed by atoms with Crippen molar-refractivity contribution in [1.82, 2.24) is 0 Å².